The van der Waals surface area contributed by atoms with E-state index >= 15 is 0 Å². The first-order chi connectivity index (χ1) is 20.5. The van der Waals surface area contributed by atoms with E-state index in [1.807, 2.05) is 36.4 Å². The van der Waals surface area contributed by atoms with Crippen molar-refractivity contribution in [2.24, 2.45) is 11.8 Å². The summed E-state index contributed by atoms with van der Waals surface area (Å²) in [4.78, 5) is 27.5. The fraction of sp³-hybridized carbons (Fsp3) is 0.474. The maximum Gasteiger partial charge on any atom is 0.339 e. The highest BCUT2D eigenvalue weighted by Gasteiger charge is 2.29. The second kappa shape index (κ2) is 18.2. The first-order valence-electron chi connectivity index (χ1n) is 16.1. The van der Waals surface area contributed by atoms with Gasteiger partial charge in [-0.25, -0.2) is 9.59 Å². The maximum atomic E-state index is 13.7. The predicted molar refractivity (Wildman–Crippen MR) is 172 cm³/mol. The fourth-order valence-electron chi connectivity index (χ4n) is 5.78. The van der Waals surface area contributed by atoms with E-state index in [0.29, 0.717) is 12.8 Å². The van der Waals surface area contributed by atoms with Crippen molar-refractivity contribution in [3.63, 3.8) is 0 Å². The predicted octanol–water partition coefficient (Wildman–Crippen LogP) is 9.66. The van der Waals surface area contributed by atoms with Crippen molar-refractivity contribution in [3.05, 3.63) is 107 Å². The van der Waals surface area contributed by atoms with Gasteiger partial charge in [-0.15, -0.1) is 0 Å². The number of ether oxygens (including phenoxy) is 2. The monoisotopic (exact) mass is 570 g/mol. The molecule has 0 amide bonds. The van der Waals surface area contributed by atoms with Crippen molar-refractivity contribution in [1.29, 1.82) is 0 Å². The van der Waals surface area contributed by atoms with E-state index in [1.54, 1.807) is 24.3 Å². The van der Waals surface area contributed by atoms with Crippen LogP contribution < -0.4 is 0 Å². The SMILES string of the molecule is CCCCC(CC)C(Cc1ccccc1)OC(=O)c1ccccc1C(=O)OC(Cc1ccccc1)C(CC)CCCC. The molecule has 0 spiro atoms. The Morgan fingerprint density at radius 2 is 0.905 bits per heavy atom. The van der Waals surface area contributed by atoms with Crippen LogP contribution in [0.5, 0.6) is 0 Å². The fourth-order valence-corrected chi connectivity index (χ4v) is 5.78. The minimum Gasteiger partial charge on any atom is -0.458 e. The van der Waals surface area contributed by atoms with Gasteiger partial charge in [0.05, 0.1) is 11.1 Å². The summed E-state index contributed by atoms with van der Waals surface area (Å²) in [5.41, 5.74) is 2.82. The Hall–Kier alpha value is -3.40. The first kappa shape index (κ1) is 33.1. The molecule has 0 aromatic heterocycles. The van der Waals surface area contributed by atoms with Gasteiger partial charge in [-0.3, -0.25) is 0 Å². The van der Waals surface area contributed by atoms with Crippen molar-refractivity contribution in [3.8, 4) is 0 Å². The molecule has 0 bridgehead atoms. The van der Waals surface area contributed by atoms with E-state index in [0.717, 1.165) is 62.5 Å². The van der Waals surface area contributed by atoms with Gasteiger partial charge < -0.3 is 9.47 Å². The molecule has 4 unspecified atom stereocenters. The third-order valence-electron chi connectivity index (χ3n) is 8.40. The zero-order valence-corrected chi connectivity index (χ0v) is 26.1. The lowest BCUT2D eigenvalue weighted by atomic mass is 9.89. The van der Waals surface area contributed by atoms with Crippen LogP contribution >= 0.6 is 0 Å². The second-order valence-electron chi connectivity index (χ2n) is 11.4. The number of benzene rings is 3. The Balaban J connectivity index is 1.85. The lowest BCUT2D eigenvalue weighted by Gasteiger charge is -2.28. The molecule has 4 atom stereocenters. The van der Waals surface area contributed by atoms with Crippen LogP contribution in [0, 0.1) is 11.8 Å². The lowest BCUT2D eigenvalue weighted by Crippen LogP contribution is -2.31. The third kappa shape index (κ3) is 10.2. The van der Waals surface area contributed by atoms with Crippen LogP contribution in [0.3, 0.4) is 0 Å². The van der Waals surface area contributed by atoms with Crippen molar-refractivity contribution < 1.29 is 19.1 Å². The minimum atomic E-state index is -0.462. The first-order valence-corrected chi connectivity index (χ1v) is 16.1. The maximum absolute atomic E-state index is 13.7. The summed E-state index contributed by atoms with van der Waals surface area (Å²) in [6, 6.07) is 27.3. The summed E-state index contributed by atoms with van der Waals surface area (Å²) in [7, 11) is 0. The average Bonchev–Trinajstić information content (AvgIpc) is 3.02. The van der Waals surface area contributed by atoms with Crippen LogP contribution in [0.1, 0.15) is 111 Å². The summed E-state index contributed by atoms with van der Waals surface area (Å²) in [6.07, 6.45) is 8.96. The highest BCUT2D eigenvalue weighted by atomic mass is 16.6. The Kier molecular flexibility index (Phi) is 14.3. The van der Waals surface area contributed by atoms with Crippen molar-refractivity contribution >= 4 is 11.9 Å². The molecule has 3 rings (SSSR count). The summed E-state index contributed by atoms with van der Waals surface area (Å²) < 4.78 is 12.5. The molecule has 0 aliphatic heterocycles. The Morgan fingerprint density at radius 1 is 0.548 bits per heavy atom. The average molecular weight is 571 g/mol. The summed E-state index contributed by atoms with van der Waals surface area (Å²) in [5, 5.41) is 0. The molecule has 4 nitrogen and oxygen atoms in total. The van der Waals surface area contributed by atoms with Crippen molar-refractivity contribution in [2.75, 3.05) is 0 Å². The van der Waals surface area contributed by atoms with E-state index in [2.05, 4.69) is 52.0 Å². The van der Waals surface area contributed by atoms with Crippen LogP contribution in [0.25, 0.3) is 0 Å². The number of hydrogen-bond donors (Lipinski definition) is 0. The van der Waals surface area contributed by atoms with Crippen LogP contribution in [-0.4, -0.2) is 24.1 Å². The Labute approximate surface area is 253 Å². The van der Waals surface area contributed by atoms with Gasteiger partial charge in [0.1, 0.15) is 12.2 Å². The molecule has 3 aromatic carbocycles. The second-order valence-corrected chi connectivity index (χ2v) is 11.4. The molecule has 226 valence electrons. The molecule has 0 radical (unpaired) electrons. The Bertz CT molecular complexity index is 1100. The largest absolute Gasteiger partial charge is 0.458 e. The smallest absolute Gasteiger partial charge is 0.339 e. The van der Waals surface area contributed by atoms with Crippen molar-refractivity contribution in [2.45, 2.75) is 104 Å². The van der Waals surface area contributed by atoms with Gasteiger partial charge in [0, 0.05) is 12.8 Å². The summed E-state index contributed by atoms with van der Waals surface area (Å²) in [5.74, 6) is -0.438. The van der Waals surface area contributed by atoms with E-state index in [-0.39, 0.29) is 35.2 Å². The Morgan fingerprint density at radius 3 is 1.24 bits per heavy atom. The van der Waals surface area contributed by atoms with E-state index in [4.69, 9.17) is 9.47 Å². The standard InChI is InChI=1S/C38H50O4/c1-5-9-23-31(7-3)35(27-29-19-13-11-14-20-29)41-37(39)33-25-17-18-26-34(33)38(40)42-36(32(8-4)24-10-6-2)28-30-21-15-12-16-22-30/h11-22,25-26,31-32,35-36H,5-10,23-24,27-28H2,1-4H3. The zero-order chi connectivity index (χ0) is 30.2. The highest BCUT2D eigenvalue weighted by Crippen LogP contribution is 2.27. The molecular formula is C38H50O4. The van der Waals surface area contributed by atoms with Crippen LogP contribution in [0.15, 0.2) is 84.9 Å². The third-order valence-corrected chi connectivity index (χ3v) is 8.40. The molecule has 0 fully saturated rings. The molecule has 42 heavy (non-hydrogen) atoms. The lowest BCUT2D eigenvalue weighted by molar-refractivity contribution is 0.00707. The van der Waals surface area contributed by atoms with Gasteiger partial charge in [0.25, 0.3) is 0 Å². The molecule has 4 heteroatoms. The van der Waals surface area contributed by atoms with Gasteiger partial charge in [-0.2, -0.15) is 0 Å². The van der Waals surface area contributed by atoms with Gasteiger partial charge in [0.2, 0.25) is 0 Å². The highest BCUT2D eigenvalue weighted by molar-refractivity contribution is 6.03. The van der Waals surface area contributed by atoms with E-state index in [9.17, 15) is 9.59 Å². The number of esters is 2. The van der Waals surface area contributed by atoms with Gasteiger partial charge in [0.15, 0.2) is 0 Å². The topological polar surface area (TPSA) is 52.6 Å². The van der Waals surface area contributed by atoms with Crippen LogP contribution in [0.4, 0.5) is 0 Å². The molecular weight excluding hydrogens is 520 g/mol. The van der Waals surface area contributed by atoms with Gasteiger partial charge >= 0.3 is 11.9 Å². The quantitative estimate of drug-likeness (QED) is 0.143. The molecule has 0 N–H and O–H groups in total. The van der Waals surface area contributed by atoms with Crippen molar-refractivity contribution in [1.82, 2.24) is 0 Å². The van der Waals surface area contributed by atoms with Gasteiger partial charge in [-0.1, -0.05) is 126 Å². The van der Waals surface area contributed by atoms with Gasteiger partial charge in [-0.05, 0) is 60.8 Å². The molecule has 0 aliphatic rings. The summed E-state index contributed by atoms with van der Waals surface area (Å²) in [6.45, 7) is 8.69. The molecule has 0 saturated carbocycles. The number of rotatable bonds is 18. The van der Waals surface area contributed by atoms with Crippen LogP contribution in [-0.2, 0) is 22.3 Å². The molecule has 0 heterocycles. The molecule has 0 saturated heterocycles. The minimum absolute atomic E-state index is 0.243. The number of hydrogen-bond acceptors (Lipinski definition) is 4. The molecule has 3 aromatic rings. The summed E-state index contributed by atoms with van der Waals surface area (Å²) >= 11 is 0. The molecule has 0 aliphatic carbocycles. The number of carbonyl (C=O) groups excluding carboxylic acids is 2. The number of carbonyl (C=O) groups is 2. The normalized spacial score (nSPS) is 14.0. The number of unbranched alkanes of at least 4 members (excludes halogenated alkanes) is 2. The van der Waals surface area contributed by atoms with Crippen LogP contribution in [0.2, 0.25) is 0 Å². The van der Waals surface area contributed by atoms with E-state index in [1.165, 1.54) is 0 Å². The van der Waals surface area contributed by atoms with E-state index < -0.39 is 11.9 Å². The zero-order valence-electron chi connectivity index (χ0n) is 26.1.